The number of imidazole rings is 1. The predicted octanol–water partition coefficient (Wildman–Crippen LogP) is 3.30. The first-order chi connectivity index (χ1) is 8.68. The van der Waals surface area contributed by atoms with E-state index in [1.54, 1.807) is 11.3 Å². The van der Waals surface area contributed by atoms with Gasteiger partial charge in [0.15, 0.2) is 0 Å². The van der Waals surface area contributed by atoms with Crippen molar-refractivity contribution in [3.05, 3.63) is 40.6 Å². The Balaban J connectivity index is 2.03. The number of nitrogens with one attached hydrogen (secondary N) is 1. The first-order valence-corrected chi connectivity index (χ1v) is 7.31. The highest BCUT2D eigenvalue weighted by molar-refractivity contribution is 7.10. The van der Waals surface area contributed by atoms with Gasteiger partial charge < -0.3 is 9.88 Å². The van der Waals surface area contributed by atoms with Crippen LogP contribution >= 0.6 is 11.3 Å². The Labute approximate surface area is 113 Å². The van der Waals surface area contributed by atoms with Crippen molar-refractivity contribution in [2.75, 3.05) is 6.54 Å². The summed E-state index contributed by atoms with van der Waals surface area (Å²) in [6.07, 6.45) is 3.88. The SMILES string of the molecule is CC(C)CNCc1cncn1C(C)c1cccs1. The molecule has 0 aliphatic carbocycles. The molecule has 0 amide bonds. The molecule has 18 heavy (non-hydrogen) atoms. The van der Waals surface area contributed by atoms with E-state index in [0.717, 1.165) is 13.1 Å². The highest BCUT2D eigenvalue weighted by Gasteiger charge is 2.12. The maximum absolute atomic E-state index is 4.28. The molecule has 1 atom stereocenters. The molecule has 98 valence electrons. The Morgan fingerprint density at radius 1 is 1.39 bits per heavy atom. The van der Waals surface area contributed by atoms with E-state index in [4.69, 9.17) is 0 Å². The van der Waals surface area contributed by atoms with Crippen LogP contribution in [0.25, 0.3) is 0 Å². The molecule has 0 aromatic carbocycles. The van der Waals surface area contributed by atoms with Crippen molar-refractivity contribution in [3.8, 4) is 0 Å². The number of nitrogens with zero attached hydrogens (tertiary/aromatic N) is 2. The van der Waals surface area contributed by atoms with Crippen molar-refractivity contribution in [2.45, 2.75) is 33.4 Å². The summed E-state index contributed by atoms with van der Waals surface area (Å²) >= 11 is 1.80. The van der Waals surface area contributed by atoms with Crippen molar-refractivity contribution < 1.29 is 0 Å². The normalized spacial score (nSPS) is 13.1. The molecule has 1 N–H and O–H groups in total. The fraction of sp³-hybridized carbons (Fsp3) is 0.500. The molecule has 0 saturated heterocycles. The van der Waals surface area contributed by atoms with Crippen LogP contribution in [0.1, 0.15) is 37.4 Å². The van der Waals surface area contributed by atoms with Crippen LogP contribution < -0.4 is 5.32 Å². The van der Waals surface area contributed by atoms with Gasteiger partial charge in [-0.1, -0.05) is 19.9 Å². The molecule has 1 unspecified atom stereocenters. The minimum absolute atomic E-state index is 0.364. The Morgan fingerprint density at radius 3 is 2.89 bits per heavy atom. The zero-order valence-electron chi connectivity index (χ0n) is 11.3. The third-order valence-corrected chi connectivity index (χ3v) is 4.02. The fourth-order valence-electron chi connectivity index (χ4n) is 1.97. The average Bonchev–Trinajstić information content (AvgIpc) is 2.98. The van der Waals surface area contributed by atoms with E-state index >= 15 is 0 Å². The van der Waals surface area contributed by atoms with Gasteiger partial charge in [-0.05, 0) is 30.8 Å². The molecule has 2 aromatic rings. The second kappa shape index (κ2) is 6.16. The molecule has 2 heterocycles. The Morgan fingerprint density at radius 2 is 2.22 bits per heavy atom. The molecule has 0 fully saturated rings. The van der Waals surface area contributed by atoms with E-state index in [2.05, 4.69) is 53.2 Å². The average molecular weight is 263 g/mol. The van der Waals surface area contributed by atoms with Crippen LogP contribution in [-0.2, 0) is 6.54 Å². The third-order valence-electron chi connectivity index (χ3n) is 2.98. The van der Waals surface area contributed by atoms with Crippen molar-refractivity contribution in [1.82, 2.24) is 14.9 Å². The van der Waals surface area contributed by atoms with Gasteiger partial charge in [0.1, 0.15) is 0 Å². The minimum atomic E-state index is 0.364. The van der Waals surface area contributed by atoms with Gasteiger partial charge in [-0.3, -0.25) is 0 Å². The molecular weight excluding hydrogens is 242 g/mol. The molecule has 0 aliphatic heterocycles. The summed E-state index contributed by atoms with van der Waals surface area (Å²) in [4.78, 5) is 5.65. The molecule has 0 radical (unpaired) electrons. The molecule has 3 nitrogen and oxygen atoms in total. The van der Waals surface area contributed by atoms with Crippen molar-refractivity contribution in [2.24, 2.45) is 5.92 Å². The second-order valence-electron chi connectivity index (χ2n) is 5.01. The largest absolute Gasteiger partial charge is 0.325 e. The first-order valence-electron chi connectivity index (χ1n) is 6.43. The van der Waals surface area contributed by atoms with E-state index in [0.29, 0.717) is 12.0 Å². The second-order valence-corrected chi connectivity index (χ2v) is 5.99. The summed E-state index contributed by atoms with van der Waals surface area (Å²) in [5.41, 5.74) is 1.25. The smallest absolute Gasteiger partial charge is 0.0954 e. The number of hydrogen-bond donors (Lipinski definition) is 1. The van der Waals surface area contributed by atoms with Gasteiger partial charge in [-0.25, -0.2) is 4.98 Å². The van der Waals surface area contributed by atoms with E-state index in [9.17, 15) is 0 Å². The van der Waals surface area contributed by atoms with E-state index in [1.165, 1.54) is 10.6 Å². The van der Waals surface area contributed by atoms with Gasteiger partial charge in [0.05, 0.1) is 18.1 Å². The van der Waals surface area contributed by atoms with E-state index in [1.807, 2.05) is 12.5 Å². The van der Waals surface area contributed by atoms with Crippen molar-refractivity contribution in [3.63, 3.8) is 0 Å². The van der Waals surface area contributed by atoms with Crippen molar-refractivity contribution in [1.29, 1.82) is 0 Å². The Bertz CT molecular complexity index is 459. The van der Waals surface area contributed by atoms with E-state index in [-0.39, 0.29) is 0 Å². The van der Waals surface area contributed by atoms with Crippen LogP contribution in [0.2, 0.25) is 0 Å². The number of thiophene rings is 1. The molecule has 0 aliphatic rings. The molecule has 0 bridgehead atoms. The molecule has 2 aromatic heterocycles. The summed E-state index contributed by atoms with van der Waals surface area (Å²) in [7, 11) is 0. The molecule has 0 spiro atoms. The molecular formula is C14H21N3S. The maximum atomic E-state index is 4.28. The van der Waals surface area contributed by atoms with Crippen LogP contribution in [0.5, 0.6) is 0 Å². The summed E-state index contributed by atoms with van der Waals surface area (Å²) < 4.78 is 2.25. The van der Waals surface area contributed by atoms with Gasteiger partial charge in [0.2, 0.25) is 0 Å². The summed E-state index contributed by atoms with van der Waals surface area (Å²) in [6.45, 7) is 8.59. The lowest BCUT2D eigenvalue weighted by Gasteiger charge is -2.16. The lowest BCUT2D eigenvalue weighted by molar-refractivity contribution is 0.527. The summed E-state index contributed by atoms with van der Waals surface area (Å²) in [5, 5.41) is 5.59. The van der Waals surface area contributed by atoms with Crippen LogP contribution in [0.15, 0.2) is 30.0 Å². The van der Waals surface area contributed by atoms with Crippen LogP contribution in [-0.4, -0.2) is 16.1 Å². The van der Waals surface area contributed by atoms with Crippen LogP contribution in [0.4, 0.5) is 0 Å². The minimum Gasteiger partial charge on any atom is -0.325 e. The molecule has 4 heteroatoms. The van der Waals surface area contributed by atoms with Crippen molar-refractivity contribution >= 4 is 11.3 Å². The van der Waals surface area contributed by atoms with Crippen LogP contribution in [0.3, 0.4) is 0 Å². The van der Waals surface area contributed by atoms with Gasteiger partial charge in [0, 0.05) is 17.6 Å². The number of aromatic nitrogens is 2. The lowest BCUT2D eigenvalue weighted by atomic mass is 10.2. The molecule has 0 saturated carbocycles. The van der Waals surface area contributed by atoms with Crippen LogP contribution in [0, 0.1) is 5.92 Å². The number of hydrogen-bond acceptors (Lipinski definition) is 3. The monoisotopic (exact) mass is 263 g/mol. The summed E-state index contributed by atoms with van der Waals surface area (Å²) in [5.74, 6) is 0.677. The Hall–Kier alpha value is -1.13. The quantitative estimate of drug-likeness (QED) is 0.866. The number of rotatable bonds is 6. The van der Waals surface area contributed by atoms with Gasteiger partial charge in [-0.15, -0.1) is 11.3 Å². The van der Waals surface area contributed by atoms with Gasteiger partial charge >= 0.3 is 0 Å². The first kappa shape index (κ1) is 13.3. The lowest BCUT2D eigenvalue weighted by Crippen LogP contribution is -2.21. The predicted molar refractivity (Wildman–Crippen MR) is 76.9 cm³/mol. The third kappa shape index (κ3) is 3.21. The zero-order chi connectivity index (χ0) is 13.0. The van der Waals surface area contributed by atoms with Gasteiger partial charge in [-0.2, -0.15) is 0 Å². The highest BCUT2D eigenvalue weighted by Crippen LogP contribution is 2.23. The topological polar surface area (TPSA) is 29.9 Å². The van der Waals surface area contributed by atoms with E-state index < -0.39 is 0 Å². The van der Waals surface area contributed by atoms with Gasteiger partial charge in [0.25, 0.3) is 0 Å². The fourth-order valence-corrected chi connectivity index (χ4v) is 2.75. The maximum Gasteiger partial charge on any atom is 0.0954 e. The highest BCUT2D eigenvalue weighted by atomic mass is 32.1. The summed E-state index contributed by atoms with van der Waals surface area (Å²) in [6, 6.07) is 4.65. The standard InChI is InChI=1S/C14H21N3S/c1-11(2)7-15-8-13-9-16-10-17(13)12(3)14-5-4-6-18-14/h4-6,9-12,15H,7-8H2,1-3H3. The molecule has 2 rings (SSSR count). The Kier molecular flexibility index (Phi) is 4.55. The zero-order valence-corrected chi connectivity index (χ0v) is 12.1.